The molecule has 2 aromatic rings. The molecule has 2 atom stereocenters. The van der Waals surface area contributed by atoms with Gasteiger partial charge in [-0.1, -0.05) is 38.1 Å². The molecule has 5 nitrogen and oxygen atoms in total. The molecule has 0 saturated heterocycles. The summed E-state index contributed by atoms with van der Waals surface area (Å²) in [6.45, 7) is 7.44. The van der Waals surface area contributed by atoms with Crippen LogP contribution in [-0.2, 0) is 9.59 Å². The van der Waals surface area contributed by atoms with E-state index in [1.54, 1.807) is 14.0 Å². The fourth-order valence-electron chi connectivity index (χ4n) is 2.89. The van der Waals surface area contributed by atoms with Crippen LogP contribution in [0.3, 0.4) is 0 Å². The van der Waals surface area contributed by atoms with Gasteiger partial charge in [-0.3, -0.25) is 9.59 Å². The van der Waals surface area contributed by atoms with Gasteiger partial charge in [0.1, 0.15) is 5.75 Å². The number of nitrogens with one attached hydrogen (secondary N) is 1. The van der Waals surface area contributed by atoms with Crippen molar-refractivity contribution in [3.63, 3.8) is 0 Å². The molecule has 0 aromatic heterocycles. The Hall–Kier alpha value is -2.56. The SMILES string of the molecule is COc1ccc2cc(C(C)C(=O)NC(C)(CC(=O)O)C(C)C)ccc2c1. The zero-order chi connectivity index (χ0) is 19.5. The highest BCUT2D eigenvalue weighted by molar-refractivity contribution is 5.89. The maximum absolute atomic E-state index is 12.8. The van der Waals surface area contributed by atoms with Crippen LogP contribution in [0.25, 0.3) is 10.8 Å². The molecule has 2 rings (SSSR count). The number of hydrogen-bond donors (Lipinski definition) is 2. The van der Waals surface area contributed by atoms with Crippen molar-refractivity contribution in [1.82, 2.24) is 5.32 Å². The van der Waals surface area contributed by atoms with Crippen molar-refractivity contribution in [2.75, 3.05) is 7.11 Å². The van der Waals surface area contributed by atoms with E-state index in [2.05, 4.69) is 5.32 Å². The van der Waals surface area contributed by atoms with E-state index in [-0.39, 0.29) is 24.2 Å². The van der Waals surface area contributed by atoms with Gasteiger partial charge < -0.3 is 15.2 Å². The lowest BCUT2D eigenvalue weighted by Crippen LogP contribution is -2.52. The number of carbonyl (C=O) groups excluding carboxylic acids is 1. The fraction of sp³-hybridized carbons (Fsp3) is 0.429. The Kier molecular flexibility index (Phi) is 5.90. The van der Waals surface area contributed by atoms with Crippen molar-refractivity contribution in [3.05, 3.63) is 42.0 Å². The van der Waals surface area contributed by atoms with Crippen molar-refractivity contribution in [2.45, 2.75) is 45.6 Å². The van der Waals surface area contributed by atoms with Gasteiger partial charge in [0.05, 0.1) is 19.4 Å². The summed E-state index contributed by atoms with van der Waals surface area (Å²) >= 11 is 0. The van der Waals surface area contributed by atoms with Gasteiger partial charge >= 0.3 is 5.97 Å². The third-order valence-corrected chi connectivity index (χ3v) is 5.17. The van der Waals surface area contributed by atoms with Crippen LogP contribution in [0, 0.1) is 5.92 Å². The molecule has 0 aliphatic heterocycles. The lowest BCUT2D eigenvalue weighted by molar-refractivity contribution is -0.139. The van der Waals surface area contributed by atoms with Gasteiger partial charge in [0, 0.05) is 5.54 Å². The number of benzene rings is 2. The summed E-state index contributed by atoms with van der Waals surface area (Å²) in [7, 11) is 1.63. The maximum atomic E-state index is 12.8. The summed E-state index contributed by atoms with van der Waals surface area (Å²) in [6.07, 6.45) is -0.110. The lowest BCUT2D eigenvalue weighted by Gasteiger charge is -2.34. The molecule has 0 saturated carbocycles. The third kappa shape index (κ3) is 4.34. The molecule has 0 radical (unpaired) electrons. The maximum Gasteiger partial charge on any atom is 0.305 e. The van der Waals surface area contributed by atoms with E-state index < -0.39 is 11.5 Å². The Morgan fingerprint density at radius 2 is 1.73 bits per heavy atom. The minimum atomic E-state index is -0.922. The summed E-state index contributed by atoms with van der Waals surface area (Å²) in [4.78, 5) is 23.9. The van der Waals surface area contributed by atoms with Gasteiger partial charge in [0.15, 0.2) is 0 Å². The second-order valence-corrected chi connectivity index (χ2v) is 7.33. The molecule has 2 N–H and O–H groups in total. The number of aliphatic carboxylic acids is 1. The second kappa shape index (κ2) is 7.77. The molecule has 0 aliphatic carbocycles. The number of ether oxygens (including phenoxy) is 1. The van der Waals surface area contributed by atoms with E-state index in [0.29, 0.717) is 0 Å². The molecular formula is C21H27NO4. The van der Waals surface area contributed by atoms with Crippen LogP contribution in [-0.4, -0.2) is 29.6 Å². The first-order valence-corrected chi connectivity index (χ1v) is 8.78. The number of amides is 1. The molecule has 0 heterocycles. The zero-order valence-electron chi connectivity index (χ0n) is 16.0. The Morgan fingerprint density at radius 3 is 2.31 bits per heavy atom. The number of hydrogen-bond acceptors (Lipinski definition) is 3. The third-order valence-electron chi connectivity index (χ3n) is 5.17. The van der Waals surface area contributed by atoms with Gasteiger partial charge in [0.2, 0.25) is 5.91 Å². The Bertz CT molecular complexity index is 815. The van der Waals surface area contributed by atoms with Crippen LogP contribution < -0.4 is 10.1 Å². The molecular weight excluding hydrogens is 330 g/mol. The van der Waals surface area contributed by atoms with Crippen molar-refractivity contribution in [2.24, 2.45) is 5.92 Å². The number of rotatable bonds is 7. The van der Waals surface area contributed by atoms with Crippen molar-refractivity contribution < 1.29 is 19.4 Å². The first-order valence-electron chi connectivity index (χ1n) is 8.78. The molecule has 26 heavy (non-hydrogen) atoms. The lowest BCUT2D eigenvalue weighted by atomic mass is 9.84. The normalized spacial score (nSPS) is 14.7. The number of carboxylic acid groups (broad SMARTS) is 1. The van der Waals surface area contributed by atoms with Crippen molar-refractivity contribution >= 4 is 22.6 Å². The topological polar surface area (TPSA) is 75.6 Å². The van der Waals surface area contributed by atoms with Gasteiger partial charge in [0.25, 0.3) is 0 Å². The molecule has 0 fully saturated rings. The minimum absolute atomic E-state index is 0.00109. The molecule has 2 unspecified atom stereocenters. The smallest absolute Gasteiger partial charge is 0.305 e. The Balaban J connectivity index is 2.24. The van der Waals surface area contributed by atoms with Crippen LogP contribution >= 0.6 is 0 Å². The van der Waals surface area contributed by atoms with Crippen molar-refractivity contribution in [3.8, 4) is 5.75 Å². The predicted molar refractivity (Wildman–Crippen MR) is 103 cm³/mol. The van der Waals surface area contributed by atoms with Crippen LogP contribution in [0.15, 0.2) is 36.4 Å². The van der Waals surface area contributed by atoms with Gasteiger partial charge in [-0.05, 0) is 48.2 Å². The first-order chi connectivity index (χ1) is 12.2. The van der Waals surface area contributed by atoms with Gasteiger partial charge in [-0.15, -0.1) is 0 Å². The fourth-order valence-corrected chi connectivity index (χ4v) is 2.89. The predicted octanol–water partition coefficient (Wildman–Crippen LogP) is 3.96. The summed E-state index contributed by atoms with van der Waals surface area (Å²) in [6, 6.07) is 11.7. The summed E-state index contributed by atoms with van der Waals surface area (Å²) in [5.41, 5.74) is 0.100. The number of carbonyl (C=O) groups is 2. The quantitative estimate of drug-likeness (QED) is 0.786. The highest BCUT2D eigenvalue weighted by Gasteiger charge is 2.34. The highest BCUT2D eigenvalue weighted by Crippen LogP contribution is 2.27. The van der Waals surface area contributed by atoms with Crippen LogP contribution in [0.1, 0.15) is 45.6 Å². The van der Waals surface area contributed by atoms with Crippen LogP contribution in [0.5, 0.6) is 5.75 Å². The molecule has 2 aromatic carbocycles. The number of fused-ring (bicyclic) bond motifs is 1. The largest absolute Gasteiger partial charge is 0.497 e. The van der Waals surface area contributed by atoms with Gasteiger partial charge in [-0.2, -0.15) is 0 Å². The Morgan fingerprint density at radius 1 is 1.12 bits per heavy atom. The first kappa shape index (κ1) is 19.8. The number of methoxy groups -OCH3 is 1. The van der Waals surface area contributed by atoms with E-state index in [0.717, 1.165) is 22.1 Å². The van der Waals surface area contributed by atoms with E-state index in [9.17, 15) is 9.59 Å². The monoisotopic (exact) mass is 357 g/mol. The van der Waals surface area contributed by atoms with Crippen LogP contribution in [0.2, 0.25) is 0 Å². The zero-order valence-corrected chi connectivity index (χ0v) is 16.0. The average Bonchev–Trinajstić information content (AvgIpc) is 2.59. The van der Waals surface area contributed by atoms with E-state index >= 15 is 0 Å². The summed E-state index contributed by atoms with van der Waals surface area (Å²) in [5.74, 6) is -0.686. The van der Waals surface area contributed by atoms with Crippen LogP contribution in [0.4, 0.5) is 0 Å². The average molecular weight is 357 g/mol. The molecule has 0 aliphatic rings. The number of carboxylic acids is 1. The molecule has 5 heteroatoms. The van der Waals surface area contributed by atoms with E-state index in [4.69, 9.17) is 9.84 Å². The minimum Gasteiger partial charge on any atom is -0.497 e. The van der Waals surface area contributed by atoms with E-state index in [1.807, 2.05) is 57.2 Å². The van der Waals surface area contributed by atoms with Gasteiger partial charge in [-0.25, -0.2) is 0 Å². The highest BCUT2D eigenvalue weighted by atomic mass is 16.5. The molecule has 140 valence electrons. The molecule has 0 spiro atoms. The molecule has 0 bridgehead atoms. The standard InChI is InChI=1S/C21H27NO4/c1-13(2)21(4,12-19(23)24)22-20(25)14(3)15-6-7-17-11-18(26-5)9-8-16(17)10-15/h6-11,13-14H,12H2,1-5H3,(H,22,25)(H,23,24). The Labute approximate surface area is 154 Å². The summed E-state index contributed by atoms with van der Waals surface area (Å²) in [5, 5.41) is 14.2. The van der Waals surface area contributed by atoms with Crippen molar-refractivity contribution in [1.29, 1.82) is 0 Å². The van der Waals surface area contributed by atoms with E-state index in [1.165, 1.54) is 0 Å². The summed E-state index contributed by atoms with van der Waals surface area (Å²) < 4.78 is 5.24. The molecule has 1 amide bonds. The second-order valence-electron chi connectivity index (χ2n) is 7.33.